The predicted octanol–water partition coefficient (Wildman–Crippen LogP) is 3.75. The molecule has 2 atom stereocenters. The Labute approximate surface area is 205 Å². The van der Waals surface area contributed by atoms with Crippen molar-refractivity contribution in [2.45, 2.75) is 52.5 Å². The molecule has 2 unspecified atom stereocenters. The van der Waals surface area contributed by atoms with Gasteiger partial charge in [-0.2, -0.15) is 0 Å². The molecular weight excluding hydrogens is 448 g/mol. The number of carbonyl (C=O) groups excluding carboxylic acids is 2. The Kier molecular flexibility index (Phi) is 11.5. The van der Waals surface area contributed by atoms with E-state index in [-0.39, 0.29) is 6.54 Å². The molecule has 1 heterocycles. The van der Waals surface area contributed by atoms with Gasteiger partial charge in [0.15, 0.2) is 12.2 Å². The van der Waals surface area contributed by atoms with Gasteiger partial charge in [-0.25, -0.2) is 0 Å². The Morgan fingerprint density at radius 2 is 1.41 bits per heavy atom. The highest BCUT2D eigenvalue weighted by molar-refractivity contribution is 7.12. The van der Waals surface area contributed by atoms with Crippen LogP contribution in [0.3, 0.4) is 0 Å². The van der Waals surface area contributed by atoms with Gasteiger partial charge in [-0.3, -0.25) is 9.59 Å². The van der Waals surface area contributed by atoms with Gasteiger partial charge in [0.05, 0.1) is 6.54 Å². The molecular formula is C27H34N2O4S. The molecule has 182 valence electrons. The van der Waals surface area contributed by atoms with Gasteiger partial charge in [-0.1, -0.05) is 74.5 Å². The molecule has 6 nitrogen and oxygen atoms in total. The van der Waals surface area contributed by atoms with Crippen molar-refractivity contribution in [2.24, 2.45) is 0 Å². The van der Waals surface area contributed by atoms with Gasteiger partial charge in [0, 0.05) is 29.3 Å². The van der Waals surface area contributed by atoms with Crippen LogP contribution in [0.25, 0.3) is 0 Å². The molecule has 0 saturated carbocycles. The minimum absolute atomic E-state index is 0.220. The van der Waals surface area contributed by atoms with Crippen molar-refractivity contribution in [1.29, 1.82) is 0 Å². The summed E-state index contributed by atoms with van der Waals surface area (Å²) < 4.78 is 0. The molecule has 0 aliphatic rings. The first kappa shape index (κ1) is 27.2. The summed E-state index contributed by atoms with van der Waals surface area (Å²) in [6.45, 7) is 6.64. The number of aliphatic hydroxyl groups is 2. The van der Waals surface area contributed by atoms with E-state index in [2.05, 4.69) is 17.4 Å². The quantitative estimate of drug-likeness (QED) is 0.411. The molecule has 0 radical (unpaired) electrons. The number of likely N-dealkylation sites (N-methyl/N-ethyl adjacent to an activating group) is 1. The van der Waals surface area contributed by atoms with E-state index in [4.69, 9.17) is 0 Å². The fourth-order valence-electron chi connectivity index (χ4n) is 3.30. The van der Waals surface area contributed by atoms with Crippen LogP contribution in [0.2, 0.25) is 0 Å². The maximum absolute atomic E-state index is 12.6. The summed E-state index contributed by atoms with van der Waals surface area (Å²) in [7, 11) is 0. The zero-order valence-corrected chi connectivity index (χ0v) is 20.8. The first-order valence-corrected chi connectivity index (χ1v) is 12.4. The Morgan fingerprint density at radius 3 is 2.00 bits per heavy atom. The number of hydrogen-bond donors (Lipinski definition) is 3. The number of aliphatic hydroxyl groups excluding tert-OH is 2. The van der Waals surface area contributed by atoms with E-state index in [1.165, 1.54) is 10.5 Å². The van der Waals surface area contributed by atoms with Gasteiger partial charge in [-0.05, 0) is 30.2 Å². The van der Waals surface area contributed by atoms with Crippen LogP contribution in [-0.2, 0) is 29.1 Å². The average Bonchev–Trinajstić information content (AvgIpc) is 3.34. The van der Waals surface area contributed by atoms with Gasteiger partial charge >= 0.3 is 0 Å². The van der Waals surface area contributed by atoms with Crippen molar-refractivity contribution in [3.8, 4) is 0 Å². The Balaban J connectivity index is 0.00000199. The lowest BCUT2D eigenvalue weighted by molar-refractivity contribution is -0.153. The number of nitrogens with zero attached hydrogens (tertiary/aromatic N) is 1. The number of carbonyl (C=O) groups is 2. The zero-order chi connectivity index (χ0) is 24.9. The summed E-state index contributed by atoms with van der Waals surface area (Å²) in [4.78, 5) is 28.5. The van der Waals surface area contributed by atoms with E-state index in [1.807, 2.05) is 74.5 Å². The van der Waals surface area contributed by atoms with Crippen LogP contribution in [0.4, 0.5) is 0 Å². The third-order valence-corrected chi connectivity index (χ3v) is 6.19. The molecule has 3 aromatic rings. The molecule has 0 spiro atoms. The van der Waals surface area contributed by atoms with Crippen LogP contribution in [0, 0.1) is 0 Å². The van der Waals surface area contributed by atoms with Crippen LogP contribution >= 0.6 is 11.3 Å². The van der Waals surface area contributed by atoms with Gasteiger partial charge < -0.3 is 20.4 Å². The SMILES string of the molecule is CC.CCN(Cc1ccccc1)C(=O)C(O)C(O)C(=O)NCc1ccc(Cc2ccccc2)s1. The molecule has 34 heavy (non-hydrogen) atoms. The third-order valence-electron chi connectivity index (χ3n) is 5.11. The molecule has 7 heteroatoms. The summed E-state index contributed by atoms with van der Waals surface area (Å²) >= 11 is 1.57. The monoisotopic (exact) mass is 482 g/mol. The normalized spacial score (nSPS) is 12.1. The van der Waals surface area contributed by atoms with Crippen molar-refractivity contribution >= 4 is 23.2 Å². The molecule has 3 N–H and O–H groups in total. The van der Waals surface area contributed by atoms with Crippen LogP contribution in [-0.4, -0.2) is 45.7 Å². The fraction of sp³-hybridized carbons (Fsp3) is 0.333. The lowest BCUT2D eigenvalue weighted by Crippen LogP contribution is -2.50. The van der Waals surface area contributed by atoms with Gasteiger partial charge in [0.1, 0.15) is 0 Å². The second kappa shape index (κ2) is 14.3. The predicted molar refractivity (Wildman–Crippen MR) is 136 cm³/mol. The van der Waals surface area contributed by atoms with Gasteiger partial charge in [0.2, 0.25) is 0 Å². The first-order valence-electron chi connectivity index (χ1n) is 11.6. The van der Waals surface area contributed by atoms with E-state index >= 15 is 0 Å². The molecule has 0 aliphatic heterocycles. The number of rotatable bonds is 10. The van der Waals surface area contributed by atoms with Crippen LogP contribution in [0.15, 0.2) is 72.8 Å². The number of benzene rings is 2. The largest absolute Gasteiger partial charge is 0.380 e. The highest BCUT2D eigenvalue weighted by Crippen LogP contribution is 2.20. The van der Waals surface area contributed by atoms with E-state index in [0.29, 0.717) is 13.1 Å². The molecule has 0 bridgehead atoms. The molecule has 1 aromatic heterocycles. The number of nitrogens with one attached hydrogen (secondary N) is 1. The van der Waals surface area contributed by atoms with Crippen molar-refractivity contribution in [3.63, 3.8) is 0 Å². The highest BCUT2D eigenvalue weighted by Gasteiger charge is 2.32. The number of amides is 2. The maximum Gasteiger partial charge on any atom is 0.254 e. The minimum Gasteiger partial charge on any atom is -0.380 e. The van der Waals surface area contributed by atoms with Gasteiger partial charge in [0.25, 0.3) is 11.8 Å². The summed E-state index contributed by atoms with van der Waals surface area (Å²) in [5.41, 5.74) is 2.11. The van der Waals surface area contributed by atoms with Crippen LogP contribution < -0.4 is 5.32 Å². The summed E-state index contributed by atoms with van der Waals surface area (Å²) in [5, 5.41) is 23.2. The topological polar surface area (TPSA) is 89.9 Å². The van der Waals surface area contributed by atoms with E-state index in [9.17, 15) is 19.8 Å². The van der Waals surface area contributed by atoms with Crippen LogP contribution in [0.5, 0.6) is 0 Å². The maximum atomic E-state index is 12.6. The Morgan fingerprint density at radius 1 is 0.853 bits per heavy atom. The molecule has 0 saturated heterocycles. The van der Waals surface area contributed by atoms with Crippen molar-refractivity contribution in [1.82, 2.24) is 10.2 Å². The lowest BCUT2D eigenvalue weighted by atomic mass is 10.1. The molecule has 2 aromatic carbocycles. The Bertz CT molecular complexity index is 1010. The molecule has 3 rings (SSSR count). The number of thiophene rings is 1. The van der Waals surface area contributed by atoms with E-state index < -0.39 is 24.0 Å². The Hall–Kier alpha value is -3.00. The zero-order valence-electron chi connectivity index (χ0n) is 20.0. The summed E-state index contributed by atoms with van der Waals surface area (Å²) in [6.07, 6.45) is -2.85. The van der Waals surface area contributed by atoms with Crippen molar-refractivity contribution in [2.75, 3.05) is 6.54 Å². The second-order valence-electron chi connectivity index (χ2n) is 7.48. The standard InChI is InChI=1S/C25H28N2O4S.C2H6/c1-2-27(17-19-11-7-4-8-12-19)25(31)23(29)22(28)24(30)26-16-21-14-13-20(32-21)15-18-9-5-3-6-10-18;1-2/h3-14,22-23,28-29H,2,15-17H2,1H3,(H,26,30);1-2H3. The number of hydrogen-bond acceptors (Lipinski definition) is 5. The second-order valence-corrected chi connectivity index (χ2v) is 8.73. The fourth-order valence-corrected chi connectivity index (χ4v) is 4.30. The summed E-state index contributed by atoms with van der Waals surface area (Å²) in [5.74, 6) is -1.46. The molecule has 2 amide bonds. The smallest absolute Gasteiger partial charge is 0.254 e. The lowest BCUT2D eigenvalue weighted by Gasteiger charge is -2.25. The van der Waals surface area contributed by atoms with Crippen LogP contribution in [0.1, 0.15) is 41.7 Å². The molecule has 0 aliphatic carbocycles. The minimum atomic E-state index is -1.84. The van der Waals surface area contributed by atoms with Crippen molar-refractivity contribution < 1.29 is 19.8 Å². The first-order chi connectivity index (χ1) is 16.5. The average molecular weight is 483 g/mol. The highest BCUT2D eigenvalue weighted by atomic mass is 32.1. The van der Waals surface area contributed by atoms with E-state index in [1.54, 1.807) is 18.3 Å². The van der Waals surface area contributed by atoms with Gasteiger partial charge in [-0.15, -0.1) is 11.3 Å². The van der Waals surface area contributed by atoms with E-state index in [0.717, 1.165) is 21.7 Å². The third kappa shape index (κ3) is 8.09. The van der Waals surface area contributed by atoms with Crippen molar-refractivity contribution in [3.05, 3.63) is 93.7 Å². The summed E-state index contributed by atoms with van der Waals surface area (Å²) in [6, 6.07) is 23.4. The molecule has 0 fully saturated rings.